The van der Waals surface area contributed by atoms with Crippen molar-refractivity contribution in [2.24, 2.45) is 13.0 Å². The van der Waals surface area contributed by atoms with E-state index in [2.05, 4.69) is 35.8 Å². The van der Waals surface area contributed by atoms with Crippen LogP contribution in [0.3, 0.4) is 0 Å². The standard InChI is InChI=1S/C23H27N9O2/c1-6-16(33)14-10-24-17(28-23(34)13-7-8-13)9-15(14)27-22-21-20(25-12(3)26-22)19-18(11(2)31(21)4)29-32(5)30-19/h9-11,13H,6-8H2,1-5H3,(H2,24,25,26,27,28,34)/t11-/m0/s1/i1D3. The third-order valence-electron chi connectivity index (χ3n) is 6.11. The molecule has 1 atom stereocenters. The molecule has 0 aromatic carbocycles. The van der Waals surface area contributed by atoms with Crippen molar-refractivity contribution in [3.63, 3.8) is 0 Å². The van der Waals surface area contributed by atoms with Crippen molar-refractivity contribution >= 4 is 34.7 Å². The summed E-state index contributed by atoms with van der Waals surface area (Å²) in [4.78, 5) is 42.2. The van der Waals surface area contributed by atoms with Crippen molar-refractivity contribution in [3.05, 3.63) is 29.3 Å². The Balaban J connectivity index is 1.60. The minimum atomic E-state index is -2.45. The van der Waals surface area contributed by atoms with Gasteiger partial charge in [-0.15, -0.1) is 0 Å². The first-order chi connectivity index (χ1) is 17.4. The lowest BCUT2D eigenvalue weighted by atomic mass is 10.0. The second-order valence-corrected chi connectivity index (χ2v) is 8.63. The molecular weight excluding hydrogens is 434 g/mol. The number of anilines is 4. The largest absolute Gasteiger partial charge is 0.361 e. The Morgan fingerprint density at radius 2 is 2.00 bits per heavy atom. The predicted octanol–water partition coefficient (Wildman–Crippen LogP) is 3.17. The van der Waals surface area contributed by atoms with Crippen LogP contribution in [0.5, 0.6) is 0 Å². The first kappa shape index (κ1) is 18.5. The van der Waals surface area contributed by atoms with Crippen LogP contribution < -0.4 is 15.5 Å². The lowest BCUT2D eigenvalue weighted by Crippen LogP contribution is -2.28. The van der Waals surface area contributed by atoms with E-state index in [9.17, 15) is 9.59 Å². The molecule has 0 bridgehead atoms. The van der Waals surface area contributed by atoms with Gasteiger partial charge in [0.25, 0.3) is 0 Å². The number of nitrogens with zero attached hydrogens (tertiary/aromatic N) is 7. The highest BCUT2D eigenvalue weighted by atomic mass is 16.2. The van der Waals surface area contributed by atoms with Crippen LogP contribution >= 0.6 is 0 Å². The molecule has 11 heteroatoms. The van der Waals surface area contributed by atoms with Gasteiger partial charge in [-0.25, -0.2) is 15.0 Å². The van der Waals surface area contributed by atoms with E-state index in [1.165, 1.54) is 17.1 Å². The molecule has 176 valence electrons. The number of amides is 1. The van der Waals surface area contributed by atoms with Crippen LogP contribution in [-0.2, 0) is 11.8 Å². The Kier molecular flexibility index (Phi) is 4.44. The van der Waals surface area contributed by atoms with Gasteiger partial charge in [0, 0.05) is 42.8 Å². The minimum Gasteiger partial charge on any atom is -0.361 e. The number of rotatable bonds is 6. The molecule has 34 heavy (non-hydrogen) atoms. The summed E-state index contributed by atoms with van der Waals surface area (Å²) in [5.74, 6) is 0.339. The molecule has 2 aliphatic rings. The van der Waals surface area contributed by atoms with Crippen molar-refractivity contribution in [3.8, 4) is 11.4 Å². The Bertz CT molecular complexity index is 1420. The van der Waals surface area contributed by atoms with Gasteiger partial charge in [0.1, 0.15) is 34.4 Å². The van der Waals surface area contributed by atoms with Crippen LogP contribution in [0.2, 0.25) is 0 Å². The number of fused-ring (bicyclic) bond motifs is 3. The van der Waals surface area contributed by atoms with Gasteiger partial charge in [-0.1, -0.05) is 6.85 Å². The van der Waals surface area contributed by atoms with E-state index < -0.39 is 19.1 Å². The van der Waals surface area contributed by atoms with E-state index in [1.54, 1.807) is 14.0 Å². The van der Waals surface area contributed by atoms with Crippen molar-refractivity contribution in [2.75, 3.05) is 22.6 Å². The molecule has 11 nitrogen and oxygen atoms in total. The zero-order chi connectivity index (χ0) is 26.6. The third kappa shape index (κ3) is 3.76. The van der Waals surface area contributed by atoms with Crippen LogP contribution in [0.1, 0.15) is 65.1 Å². The first-order valence-corrected chi connectivity index (χ1v) is 11.1. The zero-order valence-corrected chi connectivity index (χ0v) is 19.4. The number of Topliss-reactive ketones (excluding diaryl/α,β-unsaturated/α-hetero) is 1. The Hall–Kier alpha value is -3.89. The maximum atomic E-state index is 13.0. The molecule has 1 aliphatic carbocycles. The lowest BCUT2D eigenvalue weighted by Gasteiger charge is -2.33. The van der Waals surface area contributed by atoms with Crippen LogP contribution in [0.25, 0.3) is 11.4 Å². The number of hydrogen-bond donors (Lipinski definition) is 2. The second-order valence-electron chi connectivity index (χ2n) is 8.63. The van der Waals surface area contributed by atoms with Crippen molar-refractivity contribution in [1.82, 2.24) is 29.9 Å². The number of aromatic nitrogens is 6. The molecule has 0 spiro atoms. The highest BCUT2D eigenvalue weighted by Crippen LogP contribution is 2.45. The van der Waals surface area contributed by atoms with Gasteiger partial charge >= 0.3 is 0 Å². The summed E-state index contributed by atoms with van der Waals surface area (Å²) in [6, 6.07) is 1.39. The molecule has 3 aromatic heterocycles. The summed E-state index contributed by atoms with van der Waals surface area (Å²) < 4.78 is 22.6. The summed E-state index contributed by atoms with van der Waals surface area (Å²) in [6.07, 6.45) is 2.28. The number of nitrogens with one attached hydrogen (secondary N) is 2. The smallest absolute Gasteiger partial charge is 0.228 e. The molecule has 2 N–H and O–H groups in total. The Morgan fingerprint density at radius 3 is 2.74 bits per heavy atom. The number of hydrogen-bond acceptors (Lipinski definition) is 9. The van der Waals surface area contributed by atoms with Crippen LogP contribution in [0, 0.1) is 12.8 Å². The van der Waals surface area contributed by atoms with E-state index in [-0.39, 0.29) is 34.9 Å². The molecule has 1 fully saturated rings. The van der Waals surface area contributed by atoms with Crippen molar-refractivity contribution in [1.29, 1.82) is 0 Å². The van der Waals surface area contributed by atoms with E-state index in [1.807, 2.05) is 18.9 Å². The Morgan fingerprint density at radius 1 is 1.21 bits per heavy atom. The summed E-state index contributed by atoms with van der Waals surface area (Å²) in [5, 5.41) is 15.0. The number of pyridine rings is 1. The Labute approximate surface area is 201 Å². The third-order valence-corrected chi connectivity index (χ3v) is 6.11. The van der Waals surface area contributed by atoms with Gasteiger partial charge in [-0.2, -0.15) is 15.0 Å². The van der Waals surface area contributed by atoms with E-state index >= 15 is 0 Å². The molecule has 0 unspecified atom stereocenters. The summed E-state index contributed by atoms with van der Waals surface area (Å²) in [5.41, 5.74) is 3.02. The molecule has 1 aliphatic heterocycles. The van der Waals surface area contributed by atoms with Crippen LogP contribution in [0.15, 0.2) is 12.3 Å². The molecule has 5 rings (SSSR count). The topological polar surface area (TPSA) is 131 Å². The molecule has 0 radical (unpaired) electrons. The quantitative estimate of drug-likeness (QED) is 0.528. The molecule has 1 amide bonds. The molecule has 0 saturated heterocycles. The van der Waals surface area contributed by atoms with E-state index in [0.29, 0.717) is 28.7 Å². The first-order valence-electron chi connectivity index (χ1n) is 12.6. The highest BCUT2D eigenvalue weighted by Gasteiger charge is 2.34. The molecule has 1 saturated carbocycles. The maximum absolute atomic E-state index is 13.0. The molecule has 3 aromatic rings. The van der Waals surface area contributed by atoms with Crippen molar-refractivity contribution < 1.29 is 13.7 Å². The van der Waals surface area contributed by atoms with E-state index in [4.69, 9.17) is 4.11 Å². The summed E-state index contributed by atoms with van der Waals surface area (Å²) in [7, 11) is 3.63. The van der Waals surface area contributed by atoms with Gasteiger partial charge in [-0.05, 0) is 26.7 Å². The van der Waals surface area contributed by atoms with Crippen LogP contribution in [-0.4, -0.2) is 48.7 Å². The average molecular weight is 465 g/mol. The van der Waals surface area contributed by atoms with Crippen molar-refractivity contribution in [2.45, 2.75) is 46.0 Å². The van der Waals surface area contributed by atoms with Crippen LogP contribution in [0.4, 0.5) is 23.0 Å². The fourth-order valence-electron chi connectivity index (χ4n) is 4.05. The predicted molar refractivity (Wildman–Crippen MR) is 127 cm³/mol. The zero-order valence-electron chi connectivity index (χ0n) is 22.4. The number of ketones is 1. The average Bonchev–Trinajstić information content (AvgIpc) is 3.57. The number of carbonyl (C=O) groups excluding carboxylic acids is 2. The van der Waals surface area contributed by atoms with Gasteiger partial charge in [-0.3, -0.25) is 9.59 Å². The number of aryl methyl sites for hydroxylation is 2. The fourth-order valence-corrected chi connectivity index (χ4v) is 4.05. The molecule has 4 heterocycles. The second kappa shape index (κ2) is 8.15. The van der Waals surface area contributed by atoms with E-state index in [0.717, 1.165) is 18.5 Å². The molecular formula is C23H27N9O2. The fraction of sp³-hybridized carbons (Fsp3) is 0.435. The number of carbonyl (C=O) groups is 2. The van der Waals surface area contributed by atoms with Gasteiger partial charge < -0.3 is 15.5 Å². The SMILES string of the molecule is [2H]C([2H])([2H])CC(=O)c1cnc(NC(=O)C2CC2)cc1Nc1nc(C)nc2c1N(C)[C@@H](C)c1nn(C)nc1-2. The highest BCUT2D eigenvalue weighted by molar-refractivity contribution is 6.03. The van der Waals surface area contributed by atoms with Gasteiger partial charge in [0.05, 0.1) is 17.3 Å². The monoisotopic (exact) mass is 464 g/mol. The normalized spacial score (nSPS) is 18.3. The van der Waals surface area contributed by atoms with Gasteiger partial charge in [0.2, 0.25) is 5.91 Å². The van der Waals surface area contributed by atoms with Gasteiger partial charge in [0.15, 0.2) is 11.6 Å². The summed E-state index contributed by atoms with van der Waals surface area (Å²) >= 11 is 0. The minimum absolute atomic E-state index is 0.0390. The maximum Gasteiger partial charge on any atom is 0.228 e. The lowest BCUT2D eigenvalue weighted by molar-refractivity contribution is -0.117. The summed E-state index contributed by atoms with van der Waals surface area (Å²) in [6.45, 7) is 1.29.